The summed E-state index contributed by atoms with van der Waals surface area (Å²) in [6.45, 7) is 0.123. The first kappa shape index (κ1) is 35.4. The van der Waals surface area contributed by atoms with Gasteiger partial charge in [0.1, 0.15) is 54.9 Å². The van der Waals surface area contributed by atoms with Crippen LogP contribution in [0.5, 0.6) is 0 Å². The summed E-state index contributed by atoms with van der Waals surface area (Å²) in [6, 6.07) is -5.38. The van der Waals surface area contributed by atoms with Gasteiger partial charge in [-0.1, -0.05) is 0 Å². The SMILES string of the molecule is NCCN(O)C(=O)N[C@@H]1C[C@H](N)C(O[C@H]2O[C@H](CN)[C@@H](O)[C@H](O)[C@H]2NC2CNC2)[C@H](O)[C@H]1O[C@H]1O[C@H](CO)[C@@H](O)[C@H](N)[C@H]1O. The Bertz CT molecular complexity index is 926. The Hall–Kier alpha value is -1.41. The van der Waals surface area contributed by atoms with Gasteiger partial charge in [-0.3, -0.25) is 5.21 Å². The third kappa shape index (κ3) is 7.58. The number of nitrogens with zero attached hydrogens (tertiary/aromatic N) is 1. The van der Waals surface area contributed by atoms with Crippen LogP contribution < -0.4 is 38.9 Å². The van der Waals surface area contributed by atoms with Gasteiger partial charge < -0.3 is 88.5 Å². The number of rotatable bonds is 11. The van der Waals surface area contributed by atoms with Crippen molar-refractivity contribution in [1.29, 1.82) is 0 Å². The summed E-state index contributed by atoms with van der Waals surface area (Å²) in [6.07, 6.45) is -15.3. The quantitative estimate of drug-likeness (QED) is 0.0736. The molecule has 0 spiro atoms. The second-order valence-corrected chi connectivity index (χ2v) is 11.7. The third-order valence-corrected chi connectivity index (χ3v) is 8.56. The van der Waals surface area contributed by atoms with Gasteiger partial charge in [0.05, 0.1) is 31.3 Å². The van der Waals surface area contributed by atoms with Crippen molar-refractivity contribution in [3.8, 4) is 0 Å². The number of ether oxygens (including phenoxy) is 4. The van der Waals surface area contributed by atoms with Crippen LogP contribution in [0, 0.1) is 0 Å². The second kappa shape index (κ2) is 15.5. The molecule has 20 heteroatoms. The fourth-order valence-corrected chi connectivity index (χ4v) is 5.83. The van der Waals surface area contributed by atoms with Crippen LogP contribution in [0.2, 0.25) is 0 Å². The summed E-state index contributed by atoms with van der Waals surface area (Å²) in [5.41, 5.74) is 23.5. The monoisotopic (exact) mass is 640 g/mol. The average Bonchev–Trinajstić information content (AvgIpc) is 2.97. The molecule has 3 saturated heterocycles. The van der Waals surface area contributed by atoms with Crippen LogP contribution in [0.15, 0.2) is 0 Å². The lowest BCUT2D eigenvalue weighted by Crippen LogP contribution is -2.72. The molecule has 4 rings (SSSR count). The van der Waals surface area contributed by atoms with Gasteiger partial charge in [-0.25, -0.2) is 9.86 Å². The molecule has 20 nitrogen and oxygen atoms in total. The van der Waals surface area contributed by atoms with E-state index in [4.69, 9.17) is 41.9 Å². The number of hydrogen-bond donors (Lipinski definition) is 14. The number of urea groups is 1. The first-order chi connectivity index (χ1) is 20.9. The van der Waals surface area contributed by atoms with Gasteiger partial charge in [0.25, 0.3) is 0 Å². The molecule has 0 aromatic rings. The molecule has 3 aliphatic heterocycles. The maximum absolute atomic E-state index is 12.7. The number of amides is 2. The standard InChI is InChI=1S/C24H48N8O12/c25-1-2-32(40)24(39)31-10-3-9(27)20(19(38)21(10)44-23-17(36)13(28)15(34)12(7-33)42-23)43-22-14(30-8-5-29-6-8)18(37)16(35)11(4-26)41-22/h8-23,29-30,33-38,40H,1-7,25-28H2,(H,31,39)/t9-,10+,11+,12+,13-,14+,15+,16+,17+,18+,19-,20?,21-,22+,23+/m0/s1. The topological polar surface area (TPSA) is 339 Å². The van der Waals surface area contributed by atoms with Crippen molar-refractivity contribution in [2.24, 2.45) is 22.9 Å². The lowest BCUT2D eigenvalue weighted by atomic mass is 9.83. The molecule has 0 aromatic carbocycles. The number of hydroxylamine groups is 2. The molecular formula is C24H48N8O12. The van der Waals surface area contributed by atoms with Gasteiger partial charge in [0, 0.05) is 38.3 Å². The van der Waals surface area contributed by atoms with E-state index in [1.165, 1.54) is 0 Å². The Labute approximate surface area is 253 Å². The maximum atomic E-state index is 12.7. The van der Waals surface area contributed by atoms with Gasteiger partial charge in [0.2, 0.25) is 0 Å². The van der Waals surface area contributed by atoms with Gasteiger partial charge in [0.15, 0.2) is 12.6 Å². The highest BCUT2D eigenvalue weighted by molar-refractivity contribution is 5.73. The third-order valence-electron chi connectivity index (χ3n) is 8.56. The van der Waals surface area contributed by atoms with Gasteiger partial charge in [-0.15, -0.1) is 0 Å². The van der Waals surface area contributed by atoms with Crippen molar-refractivity contribution < 1.29 is 59.6 Å². The summed E-state index contributed by atoms with van der Waals surface area (Å²) in [4.78, 5) is 12.7. The number of nitrogens with two attached hydrogens (primary N) is 4. The zero-order valence-electron chi connectivity index (χ0n) is 24.1. The summed E-state index contributed by atoms with van der Waals surface area (Å²) >= 11 is 0. The molecule has 0 radical (unpaired) electrons. The number of hydrogen-bond acceptors (Lipinski definition) is 18. The molecule has 1 saturated carbocycles. The fourth-order valence-electron chi connectivity index (χ4n) is 5.83. The van der Waals surface area contributed by atoms with E-state index in [1.807, 2.05) is 0 Å². The minimum atomic E-state index is -1.66. The predicted octanol–water partition coefficient (Wildman–Crippen LogP) is -8.32. The molecular weight excluding hydrogens is 592 g/mol. The smallest absolute Gasteiger partial charge is 0.341 e. The molecule has 15 atom stereocenters. The number of carbonyl (C=O) groups excluding carboxylic acids is 1. The van der Waals surface area contributed by atoms with Crippen LogP contribution in [-0.2, 0) is 18.9 Å². The van der Waals surface area contributed by atoms with E-state index >= 15 is 0 Å². The maximum Gasteiger partial charge on any atom is 0.341 e. The van der Waals surface area contributed by atoms with Gasteiger partial charge in [-0.05, 0) is 6.42 Å². The zero-order valence-corrected chi connectivity index (χ0v) is 24.1. The normalized spacial score (nSPS) is 45.0. The Morgan fingerprint density at radius 1 is 0.909 bits per heavy atom. The van der Waals surface area contributed by atoms with Crippen molar-refractivity contribution in [3.63, 3.8) is 0 Å². The van der Waals surface area contributed by atoms with E-state index < -0.39 is 104 Å². The largest absolute Gasteiger partial charge is 0.394 e. The molecule has 3 heterocycles. The van der Waals surface area contributed by atoms with Crippen LogP contribution in [0.25, 0.3) is 0 Å². The van der Waals surface area contributed by atoms with Gasteiger partial charge >= 0.3 is 6.03 Å². The number of nitrogens with one attached hydrogen (secondary N) is 3. The fraction of sp³-hybridized carbons (Fsp3) is 0.958. The average molecular weight is 641 g/mol. The molecule has 2 amide bonds. The van der Waals surface area contributed by atoms with Crippen molar-refractivity contribution in [2.45, 2.75) is 104 Å². The van der Waals surface area contributed by atoms with Crippen molar-refractivity contribution in [2.75, 3.05) is 39.3 Å². The summed E-state index contributed by atoms with van der Waals surface area (Å²) in [5, 5.41) is 82.8. The summed E-state index contributed by atoms with van der Waals surface area (Å²) < 4.78 is 23.6. The van der Waals surface area contributed by atoms with Gasteiger partial charge in [-0.2, -0.15) is 0 Å². The second-order valence-electron chi connectivity index (χ2n) is 11.7. The first-order valence-electron chi connectivity index (χ1n) is 14.7. The van der Waals surface area contributed by atoms with Crippen molar-refractivity contribution in [1.82, 2.24) is 21.0 Å². The Morgan fingerprint density at radius 3 is 2.16 bits per heavy atom. The zero-order chi connectivity index (χ0) is 32.3. The van der Waals surface area contributed by atoms with Crippen LogP contribution >= 0.6 is 0 Å². The molecule has 0 bridgehead atoms. The van der Waals surface area contributed by atoms with E-state index in [0.29, 0.717) is 18.2 Å². The Balaban J connectivity index is 1.58. The molecule has 256 valence electrons. The minimum Gasteiger partial charge on any atom is -0.394 e. The van der Waals surface area contributed by atoms with E-state index in [1.54, 1.807) is 0 Å². The predicted molar refractivity (Wildman–Crippen MR) is 147 cm³/mol. The van der Waals surface area contributed by atoms with Crippen molar-refractivity contribution in [3.05, 3.63) is 0 Å². The molecule has 4 aliphatic rings. The Morgan fingerprint density at radius 2 is 1.57 bits per heavy atom. The van der Waals surface area contributed by atoms with E-state index in [2.05, 4.69) is 16.0 Å². The molecule has 1 aliphatic carbocycles. The highest BCUT2D eigenvalue weighted by Crippen LogP contribution is 2.32. The summed E-state index contributed by atoms with van der Waals surface area (Å²) in [5.74, 6) is 0. The number of aliphatic hydroxyl groups is 6. The van der Waals surface area contributed by atoms with E-state index in [-0.39, 0.29) is 32.1 Å². The molecule has 18 N–H and O–H groups in total. The molecule has 4 fully saturated rings. The van der Waals surface area contributed by atoms with E-state index in [0.717, 1.165) is 0 Å². The molecule has 1 unspecified atom stereocenters. The molecule has 0 aromatic heterocycles. The van der Waals surface area contributed by atoms with Crippen LogP contribution in [0.4, 0.5) is 4.79 Å². The van der Waals surface area contributed by atoms with Crippen LogP contribution in [-0.4, -0.2) is 184 Å². The highest BCUT2D eigenvalue weighted by Gasteiger charge is 2.53. The Kier molecular flexibility index (Phi) is 12.4. The number of aliphatic hydroxyl groups excluding tert-OH is 6. The summed E-state index contributed by atoms with van der Waals surface area (Å²) in [7, 11) is 0. The van der Waals surface area contributed by atoms with Crippen LogP contribution in [0.1, 0.15) is 6.42 Å². The molecule has 44 heavy (non-hydrogen) atoms. The first-order valence-corrected chi connectivity index (χ1v) is 14.7. The minimum absolute atomic E-state index is 0.0463. The van der Waals surface area contributed by atoms with Crippen molar-refractivity contribution >= 4 is 6.03 Å². The van der Waals surface area contributed by atoms with Crippen LogP contribution in [0.3, 0.4) is 0 Å². The van der Waals surface area contributed by atoms with E-state index in [9.17, 15) is 40.6 Å². The lowest BCUT2D eigenvalue weighted by molar-refractivity contribution is -0.321. The number of carbonyl (C=O) groups is 1. The highest BCUT2D eigenvalue weighted by atomic mass is 16.7. The lowest BCUT2D eigenvalue weighted by Gasteiger charge is -2.50.